The summed E-state index contributed by atoms with van der Waals surface area (Å²) in [4.78, 5) is 0. The van der Waals surface area contributed by atoms with Crippen LogP contribution in [-0.2, 0) is 19.0 Å². The fourth-order valence-corrected chi connectivity index (χ4v) is 2.27. The Balaban J connectivity index is 3.03. The minimum absolute atomic E-state index is 0.0749. The molecule has 0 fully saturated rings. The van der Waals surface area contributed by atoms with Gasteiger partial charge in [-0.2, -0.15) is 13.7 Å². The van der Waals surface area contributed by atoms with Gasteiger partial charge < -0.3 is 10.5 Å². The van der Waals surface area contributed by atoms with Gasteiger partial charge in [0.2, 0.25) is 0 Å². The van der Waals surface area contributed by atoms with Crippen LogP contribution in [0.25, 0.3) is 0 Å². The maximum Gasteiger partial charge on any atom is 0.264 e. The van der Waals surface area contributed by atoms with Crippen LogP contribution in [0.2, 0.25) is 0 Å². The first-order valence-corrected chi connectivity index (χ1v) is 6.42. The van der Waals surface area contributed by atoms with Crippen molar-refractivity contribution in [2.45, 2.75) is 31.6 Å². The molecular weight excluding hydrogens is 232 g/mol. The highest BCUT2D eigenvalue weighted by molar-refractivity contribution is 7.86. The van der Waals surface area contributed by atoms with Crippen LogP contribution in [-0.4, -0.2) is 32.4 Å². The van der Waals surface area contributed by atoms with Gasteiger partial charge in [-0.25, -0.2) is 0 Å². The molecule has 0 spiro atoms. The molecule has 0 amide bonds. The van der Waals surface area contributed by atoms with Crippen molar-refractivity contribution in [2.75, 3.05) is 6.26 Å². The van der Waals surface area contributed by atoms with Crippen molar-refractivity contribution in [3.8, 4) is 6.07 Å². The van der Waals surface area contributed by atoms with Gasteiger partial charge in [-0.15, -0.1) is 0 Å². The molecule has 0 aromatic rings. The first-order chi connectivity index (χ1) is 7.15. The van der Waals surface area contributed by atoms with E-state index < -0.39 is 27.9 Å². The van der Waals surface area contributed by atoms with E-state index in [1.165, 1.54) is 6.08 Å². The third-order valence-electron chi connectivity index (χ3n) is 2.14. The van der Waals surface area contributed by atoms with E-state index in [1.54, 1.807) is 13.8 Å². The molecule has 1 aliphatic heterocycles. The predicted octanol–water partition coefficient (Wildman–Crippen LogP) is -0.125. The number of rotatable bonds is 2. The van der Waals surface area contributed by atoms with Gasteiger partial charge in [0.05, 0.1) is 12.3 Å². The van der Waals surface area contributed by atoms with Crippen molar-refractivity contribution >= 4 is 10.1 Å². The summed E-state index contributed by atoms with van der Waals surface area (Å²) >= 11 is 0. The molecule has 2 atom stereocenters. The van der Waals surface area contributed by atoms with E-state index >= 15 is 0 Å². The molecule has 0 radical (unpaired) electrons. The van der Waals surface area contributed by atoms with Crippen LogP contribution in [0.3, 0.4) is 0 Å². The third kappa shape index (κ3) is 2.95. The van der Waals surface area contributed by atoms with Gasteiger partial charge in [0.25, 0.3) is 10.1 Å². The van der Waals surface area contributed by atoms with Crippen molar-refractivity contribution in [2.24, 2.45) is 5.73 Å². The van der Waals surface area contributed by atoms with Crippen LogP contribution in [0.4, 0.5) is 0 Å². The lowest BCUT2D eigenvalue weighted by molar-refractivity contribution is -0.0669. The maximum atomic E-state index is 11.1. The Kier molecular flexibility index (Phi) is 3.28. The van der Waals surface area contributed by atoms with Crippen molar-refractivity contribution in [1.82, 2.24) is 0 Å². The molecule has 2 N–H and O–H groups in total. The van der Waals surface area contributed by atoms with Crippen LogP contribution >= 0.6 is 0 Å². The van der Waals surface area contributed by atoms with Crippen LogP contribution in [0.1, 0.15) is 13.8 Å². The zero-order chi connectivity index (χ0) is 12.6. The second kappa shape index (κ2) is 4.05. The lowest BCUT2D eigenvalue weighted by Crippen LogP contribution is -2.54. The molecule has 6 nitrogen and oxygen atoms in total. The van der Waals surface area contributed by atoms with Crippen molar-refractivity contribution in [3.63, 3.8) is 0 Å². The minimum atomic E-state index is -3.62. The molecule has 0 aliphatic carbocycles. The molecule has 1 heterocycles. The minimum Gasteiger partial charge on any atom is -0.475 e. The lowest BCUT2D eigenvalue weighted by atomic mass is 9.92. The average molecular weight is 246 g/mol. The summed E-state index contributed by atoms with van der Waals surface area (Å²) in [5.41, 5.74) is 4.76. The quantitative estimate of drug-likeness (QED) is 0.681. The number of nitrogens with zero attached hydrogens (tertiary/aromatic N) is 1. The zero-order valence-electron chi connectivity index (χ0n) is 9.30. The summed E-state index contributed by atoms with van der Waals surface area (Å²) in [6, 6.07) is 1.13. The van der Waals surface area contributed by atoms with Crippen molar-refractivity contribution in [1.29, 1.82) is 5.26 Å². The SMILES string of the molecule is CC1(C)OC(C#N)=CC(N)[C@@H]1OS(C)(=O)=O. The fourth-order valence-electron chi connectivity index (χ4n) is 1.53. The smallest absolute Gasteiger partial charge is 0.264 e. The Morgan fingerprint density at radius 2 is 2.19 bits per heavy atom. The highest BCUT2D eigenvalue weighted by Gasteiger charge is 2.42. The number of hydrogen-bond acceptors (Lipinski definition) is 6. The lowest BCUT2D eigenvalue weighted by Gasteiger charge is -2.39. The van der Waals surface area contributed by atoms with E-state index in [0.717, 1.165) is 6.26 Å². The van der Waals surface area contributed by atoms with Gasteiger partial charge in [-0.3, -0.25) is 4.18 Å². The van der Waals surface area contributed by atoms with E-state index in [-0.39, 0.29) is 5.76 Å². The topological polar surface area (TPSA) is 102 Å². The Bertz CT molecular complexity index is 447. The normalized spacial score (nSPS) is 28.8. The molecule has 16 heavy (non-hydrogen) atoms. The number of ether oxygens (including phenoxy) is 1. The summed E-state index contributed by atoms with van der Waals surface area (Å²) in [5, 5.41) is 8.70. The summed E-state index contributed by atoms with van der Waals surface area (Å²) in [5.74, 6) is 0.0749. The number of nitrogens with two attached hydrogens (primary N) is 1. The Labute approximate surface area is 94.8 Å². The first kappa shape index (κ1) is 13.0. The third-order valence-corrected chi connectivity index (χ3v) is 2.70. The maximum absolute atomic E-state index is 11.1. The average Bonchev–Trinajstić information content (AvgIpc) is 2.09. The molecule has 0 bridgehead atoms. The summed E-state index contributed by atoms with van der Waals surface area (Å²) in [6.45, 7) is 3.24. The molecule has 1 aliphatic rings. The Morgan fingerprint density at radius 1 is 1.62 bits per heavy atom. The van der Waals surface area contributed by atoms with Crippen LogP contribution in [0.15, 0.2) is 11.8 Å². The molecule has 1 rings (SSSR count). The van der Waals surface area contributed by atoms with Gasteiger partial charge in [0.1, 0.15) is 17.8 Å². The summed E-state index contributed by atoms with van der Waals surface area (Å²) in [6.07, 6.45) is 1.44. The second-order valence-electron chi connectivity index (χ2n) is 4.15. The second-order valence-corrected chi connectivity index (χ2v) is 5.75. The monoisotopic (exact) mass is 246 g/mol. The van der Waals surface area contributed by atoms with Gasteiger partial charge in [-0.05, 0) is 19.9 Å². The number of hydrogen-bond donors (Lipinski definition) is 1. The summed E-state index contributed by atoms with van der Waals surface area (Å²) in [7, 11) is -3.62. The highest BCUT2D eigenvalue weighted by Crippen LogP contribution is 2.29. The predicted molar refractivity (Wildman–Crippen MR) is 56.6 cm³/mol. The van der Waals surface area contributed by atoms with E-state index in [4.69, 9.17) is 19.9 Å². The van der Waals surface area contributed by atoms with Crippen LogP contribution < -0.4 is 5.73 Å². The molecular formula is C9H14N2O4S. The first-order valence-electron chi connectivity index (χ1n) is 4.60. The molecule has 7 heteroatoms. The van der Waals surface area contributed by atoms with Gasteiger partial charge in [0, 0.05) is 0 Å². The number of allylic oxidation sites excluding steroid dienone is 1. The van der Waals surface area contributed by atoms with Gasteiger partial charge in [0.15, 0.2) is 5.76 Å². The van der Waals surface area contributed by atoms with Gasteiger partial charge >= 0.3 is 0 Å². The highest BCUT2D eigenvalue weighted by atomic mass is 32.2. The van der Waals surface area contributed by atoms with E-state index in [2.05, 4.69) is 0 Å². The molecule has 0 saturated heterocycles. The van der Waals surface area contributed by atoms with E-state index in [0.29, 0.717) is 0 Å². The molecule has 0 aromatic heterocycles. The van der Waals surface area contributed by atoms with Crippen molar-refractivity contribution < 1.29 is 17.3 Å². The standard InChI is InChI=1S/C9H14N2O4S/c1-9(2)8(15-16(3,12)13)7(11)4-6(5-10)14-9/h4,7-8H,11H2,1-3H3/t7?,8-/m0/s1. The van der Waals surface area contributed by atoms with Gasteiger partial charge in [-0.1, -0.05) is 0 Å². The van der Waals surface area contributed by atoms with Crippen molar-refractivity contribution in [3.05, 3.63) is 11.8 Å². The molecule has 90 valence electrons. The largest absolute Gasteiger partial charge is 0.475 e. The zero-order valence-corrected chi connectivity index (χ0v) is 10.1. The molecule has 1 unspecified atom stereocenters. The molecule has 0 aromatic carbocycles. The van der Waals surface area contributed by atoms with E-state index in [1.807, 2.05) is 6.07 Å². The van der Waals surface area contributed by atoms with E-state index in [9.17, 15) is 8.42 Å². The Hall–Kier alpha value is -1.10. The summed E-state index contributed by atoms with van der Waals surface area (Å²) < 4.78 is 32.3. The van der Waals surface area contributed by atoms with Crippen LogP contribution in [0.5, 0.6) is 0 Å². The Morgan fingerprint density at radius 3 is 2.56 bits per heavy atom. The molecule has 0 saturated carbocycles. The van der Waals surface area contributed by atoms with Crippen LogP contribution in [0, 0.1) is 11.3 Å². The number of nitriles is 1. The fraction of sp³-hybridized carbons (Fsp3) is 0.667.